The van der Waals surface area contributed by atoms with Crippen molar-refractivity contribution in [1.29, 1.82) is 0 Å². The molecule has 0 radical (unpaired) electrons. The molecule has 0 spiro atoms. The molecule has 2 rings (SSSR count). The van der Waals surface area contributed by atoms with Gasteiger partial charge in [0.1, 0.15) is 5.56 Å². The summed E-state index contributed by atoms with van der Waals surface area (Å²) in [5, 5.41) is 5.18. The van der Waals surface area contributed by atoms with E-state index in [1.165, 1.54) is 0 Å². The molecule has 4 nitrogen and oxygen atoms in total. The Kier molecular flexibility index (Phi) is 4.59. The summed E-state index contributed by atoms with van der Waals surface area (Å²) in [4.78, 5) is 12.2. The van der Waals surface area contributed by atoms with Crippen LogP contribution in [0.15, 0.2) is 17.2 Å². The zero-order chi connectivity index (χ0) is 13.0. The van der Waals surface area contributed by atoms with Gasteiger partial charge in [0.05, 0.1) is 5.54 Å². The summed E-state index contributed by atoms with van der Waals surface area (Å²) >= 11 is 0. The largest absolute Gasteiger partial charge is 1.00 e. The Morgan fingerprint density at radius 2 is 1.67 bits per heavy atom. The summed E-state index contributed by atoms with van der Waals surface area (Å²) in [7, 11) is 0. The van der Waals surface area contributed by atoms with Crippen molar-refractivity contribution in [2.75, 3.05) is 0 Å². The Labute approximate surface area is 157 Å². The third kappa shape index (κ3) is 2.92. The number of nitrogens with zero attached hydrogens (tertiary/aromatic N) is 3. The molecule has 0 aliphatic rings. The molecule has 18 heavy (non-hydrogen) atoms. The average Bonchev–Trinajstić information content (AvgIpc) is 2.63. The predicted molar refractivity (Wildman–Crippen MR) is 69.6 cm³/mol. The van der Waals surface area contributed by atoms with Crippen LogP contribution in [0.2, 0.25) is 0 Å². The van der Waals surface area contributed by atoms with Crippen molar-refractivity contribution >= 4 is 10.9 Å². The van der Waals surface area contributed by atoms with Crippen molar-refractivity contribution in [2.24, 2.45) is 0 Å². The molecule has 0 atom stereocenters. The predicted octanol–water partition coefficient (Wildman–Crippen LogP) is -0.569. The number of hydrogen-bond donors (Lipinski definition) is 0. The number of fused-ring (bicyclic) bond motifs is 1. The Balaban J connectivity index is 0.00000162. The van der Waals surface area contributed by atoms with E-state index in [0.717, 1.165) is 5.52 Å². The van der Waals surface area contributed by atoms with E-state index in [9.17, 15) is 4.79 Å². The summed E-state index contributed by atoms with van der Waals surface area (Å²) in [5.74, 6) is 0. The first-order valence-corrected chi connectivity index (χ1v) is 5.89. The van der Waals surface area contributed by atoms with Gasteiger partial charge in [0.25, 0.3) is 0 Å². The van der Waals surface area contributed by atoms with Crippen LogP contribution in [0.4, 0.5) is 0 Å². The molecule has 0 saturated carbocycles. The minimum atomic E-state index is -0.197. The Morgan fingerprint density at radius 1 is 1.11 bits per heavy atom. The zero-order valence-corrected chi connectivity index (χ0v) is 17.3. The molecular weight excluding hydrogens is 300 g/mol. The second-order valence-corrected chi connectivity index (χ2v) is 6.52. The van der Waals surface area contributed by atoms with Crippen LogP contribution >= 0.6 is 0 Å². The summed E-state index contributed by atoms with van der Waals surface area (Å²) in [6.45, 7) is 12.3. The van der Waals surface area contributed by atoms with Crippen LogP contribution in [0.25, 0.3) is 10.9 Å². The third-order valence-electron chi connectivity index (χ3n) is 2.85. The Morgan fingerprint density at radius 3 is 2.06 bits per heavy atom. The molecule has 0 aromatic carbocycles. The van der Waals surface area contributed by atoms with Crippen molar-refractivity contribution in [3.05, 3.63) is 22.7 Å². The van der Waals surface area contributed by atoms with Gasteiger partial charge >= 0.3 is 58.2 Å². The van der Waals surface area contributed by atoms with Crippen molar-refractivity contribution < 1.29 is 58.2 Å². The van der Waals surface area contributed by atoms with Gasteiger partial charge in [0, 0.05) is 5.54 Å². The van der Waals surface area contributed by atoms with Gasteiger partial charge in [-0.1, -0.05) is 11.6 Å². The second-order valence-electron chi connectivity index (χ2n) is 6.52. The van der Waals surface area contributed by atoms with Gasteiger partial charge in [-0.15, -0.1) is 0 Å². The molecule has 0 aliphatic heterocycles. The number of rotatable bonds is 0. The van der Waals surface area contributed by atoms with Gasteiger partial charge < -0.3 is 9.36 Å². The summed E-state index contributed by atoms with van der Waals surface area (Å²) in [6, 6.07) is 0. The van der Waals surface area contributed by atoms with Crippen molar-refractivity contribution in [1.82, 2.24) is 14.3 Å². The quantitative estimate of drug-likeness (QED) is 0.610. The molecule has 0 amide bonds. The molecule has 94 valence electrons. The average molecular weight is 320 g/mol. The van der Waals surface area contributed by atoms with E-state index in [1.807, 2.05) is 37.8 Å². The fourth-order valence-corrected chi connectivity index (χ4v) is 1.80. The third-order valence-corrected chi connectivity index (χ3v) is 2.85. The van der Waals surface area contributed by atoms with Crippen LogP contribution in [0, 0.1) is 0 Å². The molecule has 5 heteroatoms. The van der Waals surface area contributed by atoms with Crippen molar-refractivity contribution in [3.8, 4) is 0 Å². The topological polar surface area (TPSA) is 39.8 Å². The minimum Gasteiger partial charge on any atom is -0.423 e. The summed E-state index contributed by atoms with van der Waals surface area (Å²) < 4.78 is 3.60. The summed E-state index contributed by atoms with van der Waals surface area (Å²) in [5.41, 5.74) is 0.533. The summed E-state index contributed by atoms with van der Waals surface area (Å²) in [6.07, 6.45) is 3.69. The van der Waals surface area contributed by atoms with Crippen LogP contribution < -0.4 is 63.7 Å². The molecule has 2 aromatic rings. The Bertz CT molecular complexity index is 605. The van der Waals surface area contributed by atoms with Gasteiger partial charge in [0.2, 0.25) is 0 Å². The van der Waals surface area contributed by atoms with Crippen LogP contribution in [0.5, 0.6) is 0 Å². The van der Waals surface area contributed by atoms with Crippen LogP contribution in [0.3, 0.4) is 0 Å². The maximum Gasteiger partial charge on any atom is 1.00 e. The van der Waals surface area contributed by atoms with Gasteiger partial charge in [0.15, 0.2) is 0 Å². The monoisotopic (exact) mass is 319 g/mol. The van der Waals surface area contributed by atoms with Crippen LogP contribution in [0.1, 0.15) is 41.5 Å². The van der Waals surface area contributed by atoms with Crippen molar-refractivity contribution in [2.45, 2.75) is 52.6 Å². The molecule has 0 bridgehead atoms. The zero-order valence-electron chi connectivity index (χ0n) is 12.4. The van der Waals surface area contributed by atoms with Gasteiger partial charge in [-0.2, -0.15) is 5.10 Å². The molecular formula is C13H20N3ORb. The first-order chi connectivity index (χ1) is 7.60. The smallest absolute Gasteiger partial charge is 0.423 e. The number of aromatic nitrogens is 3. The molecule has 0 fully saturated rings. The van der Waals surface area contributed by atoms with E-state index >= 15 is 0 Å². The van der Waals surface area contributed by atoms with E-state index in [-0.39, 0.29) is 74.8 Å². The maximum atomic E-state index is 12.2. The standard InChI is InChI=1S/C13H20N3O.Rb/c1-12(2,3)15-8-10-9(11(15)17)7-16(14-10)13(4,5)6;/h7-8H,1-6H3;/q-1;+1. The number of hydrogen-bond acceptors (Lipinski definition) is 2. The molecule has 0 N–H and O–H groups in total. The SMILES string of the molecule is CC(C)(C)n1cc2c(=O)n(C(C)(C)C)[cH-]c2n1.[Rb+]. The van der Waals surface area contributed by atoms with Crippen molar-refractivity contribution in [3.63, 3.8) is 0 Å². The van der Waals surface area contributed by atoms with E-state index in [2.05, 4.69) is 25.9 Å². The Hall–Kier alpha value is 0.355. The van der Waals surface area contributed by atoms with E-state index in [0.29, 0.717) is 5.39 Å². The normalized spacial score (nSPS) is 12.8. The molecule has 2 aromatic heterocycles. The van der Waals surface area contributed by atoms with Gasteiger partial charge in [-0.25, -0.2) is 0 Å². The molecule has 2 heterocycles. The fraction of sp³-hybridized carbons (Fsp3) is 0.615. The van der Waals surface area contributed by atoms with E-state index in [4.69, 9.17) is 0 Å². The first kappa shape index (κ1) is 16.4. The van der Waals surface area contributed by atoms with E-state index < -0.39 is 0 Å². The molecule has 0 aliphatic carbocycles. The van der Waals surface area contributed by atoms with E-state index in [1.54, 1.807) is 4.57 Å². The molecule has 0 unspecified atom stereocenters. The van der Waals surface area contributed by atoms with Crippen LogP contribution in [-0.2, 0) is 11.1 Å². The second kappa shape index (κ2) is 5.04. The first-order valence-electron chi connectivity index (χ1n) is 5.89. The molecule has 0 saturated heterocycles. The van der Waals surface area contributed by atoms with Gasteiger partial charge in [-0.05, 0) is 53.3 Å². The minimum absolute atomic E-state index is 0. The fourth-order valence-electron chi connectivity index (χ4n) is 1.80. The van der Waals surface area contributed by atoms with Gasteiger partial charge in [-0.3, -0.25) is 4.68 Å². The van der Waals surface area contributed by atoms with Crippen LogP contribution in [-0.4, -0.2) is 14.3 Å². The maximum absolute atomic E-state index is 12.2.